The van der Waals surface area contributed by atoms with E-state index < -0.39 is 6.10 Å². The molecule has 0 fully saturated rings. The lowest BCUT2D eigenvalue weighted by atomic mass is 9.96. The minimum atomic E-state index is -0.445. The van der Waals surface area contributed by atoms with E-state index in [1.54, 1.807) is 0 Å². The Morgan fingerprint density at radius 3 is 2.11 bits per heavy atom. The first kappa shape index (κ1) is 16.2. The molecule has 1 aromatic rings. The molecule has 0 aromatic heterocycles. The van der Waals surface area contributed by atoms with Crippen LogP contribution in [0.4, 0.5) is 0 Å². The maximum absolute atomic E-state index is 10.5. The Balaban J connectivity index is 2.76. The predicted octanol–water partition coefficient (Wildman–Crippen LogP) is 3.84. The zero-order valence-electron chi connectivity index (χ0n) is 13.0. The van der Waals surface area contributed by atoms with Crippen molar-refractivity contribution in [3.63, 3.8) is 0 Å². The van der Waals surface area contributed by atoms with E-state index in [-0.39, 0.29) is 11.6 Å². The van der Waals surface area contributed by atoms with Crippen LogP contribution < -0.4 is 5.32 Å². The van der Waals surface area contributed by atoms with Gasteiger partial charge >= 0.3 is 0 Å². The van der Waals surface area contributed by atoms with Crippen LogP contribution in [-0.2, 0) is 6.42 Å². The van der Waals surface area contributed by atoms with Crippen LogP contribution in [0.15, 0.2) is 24.3 Å². The smallest absolute Gasteiger partial charge is 0.0943 e. The van der Waals surface area contributed by atoms with Gasteiger partial charge < -0.3 is 10.4 Å². The fourth-order valence-electron chi connectivity index (χ4n) is 2.36. The summed E-state index contributed by atoms with van der Waals surface area (Å²) in [6, 6.07) is 8.47. The minimum Gasteiger partial charge on any atom is -0.387 e. The van der Waals surface area contributed by atoms with Crippen LogP contribution in [0.1, 0.15) is 64.7 Å². The molecule has 1 aromatic carbocycles. The summed E-state index contributed by atoms with van der Waals surface area (Å²) in [5.41, 5.74) is 2.36. The second-order valence-corrected chi connectivity index (χ2v) is 6.35. The fraction of sp³-hybridized carbons (Fsp3) is 0.647. The van der Waals surface area contributed by atoms with Crippen LogP contribution in [0.2, 0.25) is 0 Å². The molecule has 0 bridgehead atoms. The van der Waals surface area contributed by atoms with Crippen molar-refractivity contribution in [1.82, 2.24) is 5.32 Å². The normalized spacial score (nSPS) is 15.3. The summed E-state index contributed by atoms with van der Waals surface area (Å²) < 4.78 is 0. The zero-order chi connectivity index (χ0) is 14.5. The van der Waals surface area contributed by atoms with Crippen LogP contribution in [0.5, 0.6) is 0 Å². The Bertz CT molecular complexity index is 364. The van der Waals surface area contributed by atoms with Crippen molar-refractivity contribution in [2.75, 3.05) is 0 Å². The zero-order valence-corrected chi connectivity index (χ0v) is 13.0. The van der Waals surface area contributed by atoms with Gasteiger partial charge in [-0.2, -0.15) is 0 Å². The van der Waals surface area contributed by atoms with E-state index >= 15 is 0 Å². The quantitative estimate of drug-likeness (QED) is 0.817. The third-order valence-corrected chi connectivity index (χ3v) is 3.30. The Labute approximate surface area is 118 Å². The maximum Gasteiger partial charge on any atom is 0.0943 e. The standard InChI is InChI=1S/C17H29NO/c1-6-8-13-9-11-14(12-10-13)16(19)15(7-2)18-17(3,4)5/h9-12,15-16,18-19H,6-8H2,1-5H3. The first-order chi connectivity index (χ1) is 8.87. The third kappa shape index (κ3) is 5.33. The van der Waals surface area contributed by atoms with Crippen LogP contribution >= 0.6 is 0 Å². The lowest BCUT2D eigenvalue weighted by Gasteiger charge is -2.31. The van der Waals surface area contributed by atoms with Gasteiger partial charge in [-0.05, 0) is 44.7 Å². The van der Waals surface area contributed by atoms with Gasteiger partial charge in [0.15, 0.2) is 0 Å². The van der Waals surface area contributed by atoms with Gasteiger partial charge in [-0.15, -0.1) is 0 Å². The fourth-order valence-corrected chi connectivity index (χ4v) is 2.36. The number of aryl methyl sites for hydroxylation is 1. The molecule has 0 saturated heterocycles. The lowest BCUT2D eigenvalue weighted by Crippen LogP contribution is -2.46. The van der Waals surface area contributed by atoms with Crippen LogP contribution in [-0.4, -0.2) is 16.7 Å². The molecule has 0 saturated carbocycles. The van der Waals surface area contributed by atoms with E-state index in [1.807, 2.05) is 0 Å². The van der Waals surface area contributed by atoms with Crippen LogP contribution in [0.25, 0.3) is 0 Å². The minimum absolute atomic E-state index is 0.0177. The molecule has 0 amide bonds. The highest BCUT2D eigenvalue weighted by Gasteiger charge is 2.23. The molecular formula is C17H29NO. The van der Waals surface area contributed by atoms with Gasteiger partial charge in [-0.1, -0.05) is 44.5 Å². The first-order valence-corrected chi connectivity index (χ1v) is 7.42. The molecule has 0 radical (unpaired) electrons. The van der Waals surface area contributed by atoms with Gasteiger partial charge in [0.25, 0.3) is 0 Å². The average molecular weight is 263 g/mol. The molecule has 19 heavy (non-hydrogen) atoms. The summed E-state index contributed by atoms with van der Waals surface area (Å²) in [7, 11) is 0. The highest BCUT2D eigenvalue weighted by molar-refractivity contribution is 5.25. The molecule has 2 nitrogen and oxygen atoms in total. The van der Waals surface area contributed by atoms with E-state index in [1.165, 1.54) is 5.56 Å². The number of aliphatic hydroxyl groups excluding tert-OH is 1. The number of benzene rings is 1. The summed E-state index contributed by atoms with van der Waals surface area (Å²) in [5, 5.41) is 14.0. The van der Waals surface area contributed by atoms with Crippen molar-refractivity contribution in [3.8, 4) is 0 Å². The number of aliphatic hydroxyl groups is 1. The molecule has 0 aliphatic carbocycles. The van der Waals surface area contributed by atoms with E-state index in [2.05, 4.69) is 64.2 Å². The molecule has 0 spiro atoms. The summed E-state index contributed by atoms with van der Waals surface area (Å²) in [6.45, 7) is 10.7. The van der Waals surface area contributed by atoms with E-state index in [9.17, 15) is 5.11 Å². The molecule has 2 N–H and O–H groups in total. The molecule has 2 heteroatoms. The predicted molar refractivity (Wildman–Crippen MR) is 82.4 cm³/mol. The molecule has 0 aliphatic rings. The number of rotatable bonds is 6. The summed E-state index contributed by atoms with van der Waals surface area (Å²) in [5.74, 6) is 0. The Kier molecular flexibility index (Phi) is 6.02. The van der Waals surface area contributed by atoms with Crippen molar-refractivity contribution in [2.45, 2.75) is 71.6 Å². The monoisotopic (exact) mass is 263 g/mol. The summed E-state index contributed by atoms with van der Waals surface area (Å²) in [4.78, 5) is 0. The van der Waals surface area contributed by atoms with Crippen molar-refractivity contribution < 1.29 is 5.11 Å². The van der Waals surface area contributed by atoms with Gasteiger partial charge in [0.2, 0.25) is 0 Å². The topological polar surface area (TPSA) is 32.3 Å². The van der Waals surface area contributed by atoms with Gasteiger partial charge in [0.05, 0.1) is 6.10 Å². The van der Waals surface area contributed by atoms with Crippen LogP contribution in [0, 0.1) is 0 Å². The van der Waals surface area contributed by atoms with Gasteiger partial charge in [0, 0.05) is 11.6 Å². The van der Waals surface area contributed by atoms with Gasteiger partial charge in [0.1, 0.15) is 0 Å². The Morgan fingerprint density at radius 2 is 1.68 bits per heavy atom. The second-order valence-electron chi connectivity index (χ2n) is 6.35. The average Bonchev–Trinajstić information content (AvgIpc) is 2.35. The van der Waals surface area contributed by atoms with Crippen molar-refractivity contribution in [1.29, 1.82) is 0 Å². The van der Waals surface area contributed by atoms with Crippen molar-refractivity contribution in [2.24, 2.45) is 0 Å². The van der Waals surface area contributed by atoms with Crippen LogP contribution in [0.3, 0.4) is 0 Å². The van der Waals surface area contributed by atoms with E-state index in [0.29, 0.717) is 0 Å². The highest BCUT2D eigenvalue weighted by Crippen LogP contribution is 2.21. The molecular weight excluding hydrogens is 234 g/mol. The molecule has 108 valence electrons. The summed E-state index contributed by atoms with van der Waals surface area (Å²) in [6.07, 6.45) is 2.73. The largest absolute Gasteiger partial charge is 0.387 e. The Hall–Kier alpha value is -0.860. The highest BCUT2D eigenvalue weighted by atomic mass is 16.3. The SMILES string of the molecule is CCCc1ccc(C(O)C(CC)NC(C)(C)C)cc1. The van der Waals surface area contributed by atoms with Gasteiger partial charge in [-0.25, -0.2) is 0 Å². The number of hydrogen-bond acceptors (Lipinski definition) is 2. The van der Waals surface area contributed by atoms with Gasteiger partial charge in [-0.3, -0.25) is 0 Å². The molecule has 2 unspecified atom stereocenters. The maximum atomic E-state index is 10.5. The lowest BCUT2D eigenvalue weighted by molar-refractivity contribution is 0.111. The number of nitrogens with one attached hydrogen (secondary N) is 1. The molecule has 1 rings (SSSR count). The number of hydrogen-bond donors (Lipinski definition) is 2. The summed E-state index contributed by atoms with van der Waals surface area (Å²) >= 11 is 0. The molecule has 2 atom stereocenters. The molecule has 0 aliphatic heterocycles. The second kappa shape index (κ2) is 7.06. The Morgan fingerprint density at radius 1 is 1.11 bits per heavy atom. The third-order valence-electron chi connectivity index (χ3n) is 3.30. The molecule has 0 heterocycles. The van der Waals surface area contributed by atoms with Crippen molar-refractivity contribution in [3.05, 3.63) is 35.4 Å². The van der Waals surface area contributed by atoms with E-state index in [0.717, 1.165) is 24.8 Å². The van der Waals surface area contributed by atoms with Crippen molar-refractivity contribution >= 4 is 0 Å². The first-order valence-electron chi connectivity index (χ1n) is 7.42. The van der Waals surface area contributed by atoms with E-state index in [4.69, 9.17) is 0 Å².